The van der Waals surface area contributed by atoms with Crippen LogP contribution in [0.2, 0.25) is 0 Å². The van der Waals surface area contributed by atoms with Crippen LogP contribution in [0.1, 0.15) is 13.8 Å². The normalized spacial score (nSPS) is 11.2. The molecule has 0 aliphatic heterocycles. The Morgan fingerprint density at radius 2 is 1.30 bits per heavy atom. The average Bonchev–Trinajstić information content (AvgIpc) is 2.72. The summed E-state index contributed by atoms with van der Waals surface area (Å²) in [5.74, 6) is -1.26. The minimum absolute atomic E-state index is 0.200. The van der Waals surface area contributed by atoms with Gasteiger partial charge in [-0.2, -0.15) is 0 Å². The first-order valence-corrected chi connectivity index (χ1v) is 10.9. The standard InChI is InChI=1S/C25H19F4O3S/c1-4-25(2,3)32-24(30)15-31-20-5-7-21(8-6-20)33(22-11-16(26)9-17(27)12-22)23-13-18(28)10-19(29)14-23/h1,5-14H,15H2,2-3H3/q+1. The smallest absolute Gasteiger partial charge is 0.345 e. The lowest BCUT2D eigenvalue weighted by atomic mass is 10.1. The van der Waals surface area contributed by atoms with E-state index in [0.717, 1.165) is 24.3 Å². The molecular weight excluding hydrogens is 456 g/mol. The van der Waals surface area contributed by atoms with Gasteiger partial charge in [-0.05, 0) is 38.1 Å². The van der Waals surface area contributed by atoms with Crippen molar-refractivity contribution in [1.29, 1.82) is 0 Å². The van der Waals surface area contributed by atoms with E-state index < -0.39 is 45.7 Å². The quantitative estimate of drug-likeness (QED) is 0.191. The van der Waals surface area contributed by atoms with Crippen LogP contribution in [0, 0.1) is 35.6 Å². The first kappa shape index (κ1) is 24.2. The second-order valence-corrected chi connectivity index (χ2v) is 9.43. The summed E-state index contributed by atoms with van der Waals surface area (Å²) in [7, 11) is -1.22. The van der Waals surface area contributed by atoms with Crippen LogP contribution in [0.4, 0.5) is 17.6 Å². The van der Waals surface area contributed by atoms with Crippen LogP contribution in [0.15, 0.2) is 75.4 Å². The Morgan fingerprint density at radius 1 is 0.848 bits per heavy atom. The lowest BCUT2D eigenvalue weighted by Gasteiger charge is -2.18. The summed E-state index contributed by atoms with van der Waals surface area (Å²) < 4.78 is 66.1. The van der Waals surface area contributed by atoms with Crippen LogP contribution in [0.3, 0.4) is 0 Å². The topological polar surface area (TPSA) is 35.5 Å². The highest BCUT2D eigenvalue weighted by Gasteiger charge is 2.31. The molecule has 0 fully saturated rings. The van der Waals surface area contributed by atoms with Gasteiger partial charge in [-0.1, -0.05) is 5.92 Å². The van der Waals surface area contributed by atoms with Crippen molar-refractivity contribution >= 4 is 16.9 Å². The van der Waals surface area contributed by atoms with Crippen LogP contribution < -0.4 is 4.74 Å². The largest absolute Gasteiger partial charge is 0.482 e. The molecule has 3 nitrogen and oxygen atoms in total. The van der Waals surface area contributed by atoms with Crippen LogP contribution in [0.5, 0.6) is 5.75 Å². The molecule has 0 saturated carbocycles. The number of terminal acetylenes is 1. The van der Waals surface area contributed by atoms with Crippen molar-refractivity contribution in [2.45, 2.75) is 34.1 Å². The molecular formula is C25H19F4O3S+. The summed E-state index contributed by atoms with van der Waals surface area (Å²) in [4.78, 5) is 12.8. The summed E-state index contributed by atoms with van der Waals surface area (Å²) in [5.41, 5.74) is -1.07. The van der Waals surface area contributed by atoms with Crippen molar-refractivity contribution in [2.75, 3.05) is 6.61 Å². The van der Waals surface area contributed by atoms with Gasteiger partial charge in [-0.3, -0.25) is 0 Å². The number of rotatable bonds is 7. The van der Waals surface area contributed by atoms with Crippen LogP contribution in [-0.2, 0) is 20.4 Å². The Balaban J connectivity index is 1.89. The molecule has 0 amide bonds. The van der Waals surface area contributed by atoms with E-state index in [-0.39, 0.29) is 16.4 Å². The maximum atomic E-state index is 13.9. The van der Waals surface area contributed by atoms with Crippen LogP contribution in [-0.4, -0.2) is 18.2 Å². The van der Waals surface area contributed by atoms with Gasteiger partial charge >= 0.3 is 5.97 Å². The van der Waals surface area contributed by atoms with E-state index in [9.17, 15) is 22.4 Å². The second kappa shape index (κ2) is 10.0. The van der Waals surface area contributed by atoms with Crippen molar-refractivity contribution in [3.63, 3.8) is 0 Å². The first-order valence-electron chi connectivity index (χ1n) is 9.65. The van der Waals surface area contributed by atoms with Gasteiger partial charge in [0.2, 0.25) is 0 Å². The van der Waals surface area contributed by atoms with E-state index in [1.165, 1.54) is 12.1 Å². The Labute approximate surface area is 191 Å². The average molecular weight is 475 g/mol. The van der Waals surface area contributed by atoms with Gasteiger partial charge in [0.15, 0.2) is 26.9 Å². The van der Waals surface area contributed by atoms with Crippen LogP contribution >= 0.6 is 0 Å². The molecule has 0 heterocycles. The third kappa shape index (κ3) is 6.53. The molecule has 170 valence electrons. The minimum atomic E-state index is -1.22. The number of esters is 1. The molecule has 33 heavy (non-hydrogen) atoms. The SMILES string of the molecule is C#CC(C)(C)OC(=O)COc1ccc([S+](c2cc(F)cc(F)c2)c2cc(F)cc(F)c2)cc1. The third-order valence-corrected chi connectivity index (χ3v) is 6.43. The van der Waals surface area contributed by atoms with E-state index >= 15 is 0 Å². The molecule has 0 unspecified atom stereocenters. The molecule has 0 spiro atoms. The van der Waals surface area contributed by atoms with E-state index in [4.69, 9.17) is 15.9 Å². The second-order valence-electron chi connectivity index (χ2n) is 7.41. The fraction of sp³-hybridized carbons (Fsp3) is 0.160. The summed E-state index contributed by atoms with van der Waals surface area (Å²) in [6.07, 6.45) is 5.28. The Hall–Kier alpha value is -3.44. The van der Waals surface area contributed by atoms with Gasteiger partial charge in [-0.15, -0.1) is 6.42 Å². The molecule has 0 atom stereocenters. The van der Waals surface area contributed by atoms with E-state index in [0.29, 0.717) is 22.8 Å². The molecule has 0 saturated heterocycles. The summed E-state index contributed by atoms with van der Waals surface area (Å²) >= 11 is 0. The van der Waals surface area contributed by atoms with Crippen molar-refractivity contribution in [2.24, 2.45) is 0 Å². The summed E-state index contributed by atoms with van der Waals surface area (Å²) in [5, 5.41) is 0. The minimum Gasteiger partial charge on any atom is -0.482 e. The molecule has 0 N–H and O–H groups in total. The van der Waals surface area contributed by atoms with E-state index in [1.54, 1.807) is 26.0 Å². The van der Waals surface area contributed by atoms with Crippen molar-refractivity contribution in [3.05, 3.63) is 83.9 Å². The third-order valence-electron chi connectivity index (χ3n) is 4.28. The molecule has 3 aromatic carbocycles. The zero-order chi connectivity index (χ0) is 24.2. The van der Waals surface area contributed by atoms with Crippen molar-refractivity contribution in [1.82, 2.24) is 0 Å². The molecule has 0 aromatic heterocycles. The zero-order valence-corrected chi connectivity index (χ0v) is 18.5. The lowest BCUT2D eigenvalue weighted by molar-refractivity contribution is -0.154. The number of benzene rings is 3. The molecule has 0 bridgehead atoms. The van der Waals surface area contributed by atoms with Gasteiger partial charge in [0.1, 0.15) is 29.0 Å². The highest BCUT2D eigenvalue weighted by Crippen LogP contribution is 2.33. The first-order chi connectivity index (χ1) is 15.6. The predicted molar refractivity (Wildman–Crippen MR) is 116 cm³/mol. The Kier molecular flexibility index (Phi) is 7.34. The van der Waals surface area contributed by atoms with Gasteiger partial charge in [0.25, 0.3) is 0 Å². The Bertz CT molecular complexity index is 1110. The van der Waals surface area contributed by atoms with Crippen LogP contribution in [0.25, 0.3) is 0 Å². The maximum absolute atomic E-state index is 13.9. The van der Waals surface area contributed by atoms with E-state index in [2.05, 4.69) is 5.92 Å². The Morgan fingerprint density at radius 3 is 1.73 bits per heavy atom. The fourth-order valence-electron chi connectivity index (χ4n) is 2.86. The number of hydrogen-bond donors (Lipinski definition) is 0. The lowest BCUT2D eigenvalue weighted by Crippen LogP contribution is -2.29. The van der Waals surface area contributed by atoms with Gasteiger partial charge in [0.05, 0.1) is 10.9 Å². The fourth-order valence-corrected chi connectivity index (χ4v) is 5.01. The molecule has 0 aliphatic carbocycles. The maximum Gasteiger partial charge on any atom is 0.345 e. The summed E-state index contributed by atoms with van der Waals surface area (Å²) in [6.45, 7) is 2.73. The van der Waals surface area contributed by atoms with Crippen molar-refractivity contribution in [3.8, 4) is 18.1 Å². The van der Waals surface area contributed by atoms with E-state index in [1.807, 2.05) is 0 Å². The summed E-state index contributed by atoms with van der Waals surface area (Å²) in [6, 6.07) is 12.1. The zero-order valence-electron chi connectivity index (χ0n) is 17.7. The highest BCUT2D eigenvalue weighted by molar-refractivity contribution is 7.97. The number of hydrogen-bond acceptors (Lipinski definition) is 3. The number of carbonyl (C=O) groups excluding carboxylic acids is 1. The van der Waals surface area contributed by atoms with Crippen molar-refractivity contribution < 1.29 is 31.8 Å². The van der Waals surface area contributed by atoms with Gasteiger partial charge in [0, 0.05) is 36.4 Å². The van der Waals surface area contributed by atoms with Gasteiger partial charge in [-0.25, -0.2) is 22.4 Å². The predicted octanol–water partition coefficient (Wildman–Crippen LogP) is 5.67. The molecule has 0 radical (unpaired) electrons. The number of halogens is 4. The van der Waals surface area contributed by atoms with Gasteiger partial charge < -0.3 is 9.47 Å². The highest BCUT2D eigenvalue weighted by atomic mass is 32.2. The molecule has 8 heteroatoms. The molecule has 3 aromatic rings. The molecule has 0 aliphatic rings. The number of ether oxygens (including phenoxy) is 2. The number of carbonyl (C=O) groups is 1. The molecule has 3 rings (SSSR count). The monoisotopic (exact) mass is 475 g/mol.